The fourth-order valence-corrected chi connectivity index (χ4v) is 2.08. The number of rotatable bonds is 7. The summed E-state index contributed by atoms with van der Waals surface area (Å²) in [4.78, 5) is 22.1. The molecular formula is C16H17N3O4. The number of carbonyl (C=O) groups is 1. The van der Waals surface area contributed by atoms with E-state index in [-0.39, 0.29) is 23.9 Å². The lowest BCUT2D eigenvalue weighted by Gasteiger charge is -2.08. The van der Waals surface area contributed by atoms with E-state index < -0.39 is 4.92 Å². The normalized spacial score (nSPS) is 10.1. The van der Waals surface area contributed by atoms with Gasteiger partial charge < -0.3 is 15.7 Å². The Morgan fingerprint density at radius 2 is 1.96 bits per heavy atom. The molecule has 7 nitrogen and oxygen atoms in total. The van der Waals surface area contributed by atoms with Crippen LogP contribution in [0.25, 0.3) is 0 Å². The van der Waals surface area contributed by atoms with Gasteiger partial charge in [0.15, 0.2) is 0 Å². The van der Waals surface area contributed by atoms with Crippen LogP contribution in [0.3, 0.4) is 0 Å². The predicted molar refractivity (Wildman–Crippen MR) is 86.4 cm³/mol. The van der Waals surface area contributed by atoms with Gasteiger partial charge in [-0.1, -0.05) is 24.3 Å². The Bertz CT molecular complexity index is 703. The average Bonchev–Trinajstić information content (AvgIpc) is 2.53. The molecule has 3 N–H and O–H groups in total. The van der Waals surface area contributed by atoms with E-state index in [0.717, 1.165) is 5.56 Å². The number of nitro groups is 1. The molecule has 120 valence electrons. The molecule has 7 heteroatoms. The highest BCUT2D eigenvalue weighted by Crippen LogP contribution is 2.22. The summed E-state index contributed by atoms with van der Waals surface area (Å²) >= 11 is 0. The van der Waals surface area contributed by atoms with Crippen molar-refractivity contribution in [1.29, 1.82) is 0 Å². The molecule has 0 aromatic heterocycles. The van der Waals surface area contributed by atoms with Crippen molar-refractivity contribution in [2.75, 3.05) is 18.4 Å². The number of amides is 1. The lowest BCUT2D eigenvalue weighted by molar-refractivity contribution is -0.383. The van der Waals surface area contributed by atoms with Gasteiger partial charge in [-0.3, -0.25) is 14.9 Å². The van der Waals surface area contributed by atoms with Crippen LogP contribution in [0.2, 0.25) is 0 Å². The molecule has 0 heterocycles. The Morgan fingerprint density at radius 1 is 1.17 bits per heavy atom. The maximum absolute atomic E-state index is 11.8. The third kappa shape index (κ3) is 4.99. The summed E-state index contributed by atoms with van der Waals surface area (Å²) in [6.45, 7) is 0.367. The fourth-order valence-electron chi connectivity index (χ4n) is 2.08. The number of phenolic OH excluding ortho intramolecular Hbond substituents is 1. The van der Waals surface area contributed by atoms with E-state index in [9.17, 15) is 20.0 Å². The minimum Gasteiger partial charge on any atom is -0.508 e. The van der Waals surface area contributed by atoms with Crippen LogP contribution < -0.4 is 10.6 Å². The number of anilines is 1. The van der Waals surface area contributed by atoms with E-state index in [1.54, 1.807) is 36.4 Å². The number of hydrogen-bond donors (Lipinski definition) is 3. The SMILES string of the molecule is O=C(CNc1ccccc1[N+](=O)[O-])NCCc1cccc(O)c1. The molecule has 2 aromatic carbocycles. The number of aromatic hydroxyl groups is 1. The van der Waals surface area contributed by atoms with Gasteiger partial charge in [0.2, 0.25) is 5.91 Å². The molecule has 0 aliphatic carbocycles. The number of nitrogens with zero attached hydrogens (tertiary/aromatic N) is 1. The quantitative estimate of drug-likeness (QED) is 0.536. The Labute approximate surface area is 133 Å². The van der Waals surface area contributed by atoms with Crippen LogP contribution >= 0.6 is 0 Å². The molecule has 0 unspecified atom stereocenters. The van der Waals surface area contributed by atoms with Gasteiger partial charge in [-0.15, -0.1) is 0 Å². The van der Waals surface area contributed by atoms with Crippen LogP contribution in [0.1, 0.15) is 5.56 Å². The zero-order chi connectivity index (χ0) is 16.7. The maximum Gasteiger partial charge on any atom is 0.292 e. The van der Waals surface area contributed by atoms with Crippen LogP contribution in [-0.4, -0.2) is 29.0 Å². The second-order valence-corrected chi connectivity index (χ2v) is 4.90. The number of carbonyl (C=O) groups excluding carboxylic acids is 1. The molecule has 0 radical (unpaired) electrons. The summed E-state index contributed by atoms with van der Waals surface area (Å²) in [6.07, 6.45) is 0.589. The van der Waals surface area contributed by atoms with E-state index in [1.165, 1.54) is 6.07 Å². The van der Waals surface area contributed by atoms with Gasteiger partial charge in [0, 0.05) is 12.6 Å². The standard InChI is InChI=1S/C16H17N3O4/c20-13-5-3-4-12(10-13)8-9-17-16(21)11-18-14-6-1-2-7-15(14)19(22)23/h1-7,10,18,20H,8-9,11H2,(H,17,21). The molecule has 0 aliphatic rings. The smallest absolute Gasteiger partial charge is 0.292 e. The number of para-hydroxylation sites is 2. The Morgan fingerprint density at radius 3 is 2.70 bits per heavy atom. The zero-order valence-corrected chi connectivity index (χ0v) is 12.4. The maximum atomic E-state index is 11.8. The second kappa shape index (κ2) is 7.79. The van der Waals surface area contributed by atoms with Crippen LogP contribution in [0.4, 0.5) is 11.4 Å². The number of benzene rings is 2. The van der Waals surface area contributed by atoms with E-state index >= 15 is 0 Å². The first-order valence-corrected chi connectivity index (χ1v) is 7.08. The van der Waals surface area contributed by atoms with Crippen molar-refractivity contribution >= 4 is 17.3 Å². The van der Waals surface area contributed by atoms with Gasteiger partial charge in [0.05, 0.1) is 11.5 Å². The van der Waals surface area contributed by atoms with Crippen LogP contribution in [0.5, 0.6) is 5.75 Å². The molecule has 23 heavy (non-hydrogen) atoms. The lowest BCUT2D eigenvalue weighted by Crippen LogP contribution is -2.31. The number of phenols is 1. The van der Waals surface area contributed by atoms with E-state index in [0.29, 0.717) is 18.7 Å². The fraction of sp³-hybridized carbons (Fsp3) is 0.188. The first kappa shape index (κ1) is 16.3. The van der Waals surface area contributed by atoms with Crippen molar-refractivity contribution < 1.29 is 14.8 Å². The summed E-state index contributed by atoms with van der Waals surface area (Å²) in [5.74, 6) is -0.0739. The third-order valence-corrected chi connectivity index (χ3v) is 3.19. The van der Waals surface area contributed by atoms with Crippen molar-refractivity contribution in [2.45, 2.75) is 6.42 Å². The van der Waals surface area contributed by atoms with Gasteiger partial charge in [0.25, 0.3) is 5.69 Å². The van der Waals surface area contributed by atoms with Crippen LogP contribution in [0, 0.1) is 10.1 Å². The molecular weight excluding hydrogens is 298 g/mol. The zero-order valence-electron chi connectivity index (χ0n) is 12.4. The number of nitro benzene ring substituents is 1. The summed E-state index contributed by atoms with van der Waals surface area (Å²) in [6, 6.07) is 13.0. The molecule has 0 saturated heterocycles. The predicted octanol–water partition coefficient (Wildman–Crippen LogP) is 2.07. The molecule has 0 bridgehead atoms. The van der Waals surface area contributed by atoms with Crippen LogP contribution in [-0.2, 0) is 11.2 Å². The Hall–Kier alpha value is -3.09. The molecule has 1 amide bonds. The van der Waals surface area contributed by atoms with E-state index in [2.05, 4.69) is 10.6 Å². The lowest BCUT2D eigenvalue weighted by atomic mass is 10.1. The topological polar surface area (TPSA) is 104 Å². The van der Waals surface area contributed by atoms with E-state index in [1.807, 2.05) is 6.07 Å². The number of nitrogens with one attached hydrogen (secondary N) is 2. The van der Waals surface area contributed by atoms with Gasteiger partial charge >= 0.3 is 0 Å². The monoisotopic (exact) mass is 315 g/mol. The van der Waals surface area contributed by atoms with Crippen molar-refractivity contribution in [3.8, 4) is 5.75 Å². The van der Waals surface area contributed by atoms with E-state index in [4.69, 9.17) is 0 Å². The molecule has 2 rings (SSSR count). The second-order valence-electron chi connectivity index (χ2n) is 4.90. The molecule has 2 aromatic rings. The summed E-state index contributed by atoms with van der Waals surface area (Å²) in [5.41, 5.74) is 1.15. The molecule has 0 aliphatic heterocycles. The Balaban J connectivity index is 1.78. The highest BCUT2D eigenvalue weighted by atomic mass is 16.6. The van der Waals surface area contributed by atoms with Gasteiger partial charge in [-0.05, 0) is 30.2 Å². The highest BCUT2D eigenvalue weighted by molar-refractivity contribution is 5.81. The number of hydrogen-bond acceptors (Lipinski definition) is 5. The van der Waals surface area contributed by atoms with Crippen molar-refractivity contribution in [3.05, 3.63) is 64.2 Å². The average molecular weight is 315 g/mol. The molecule has 0 spiro atoms. The minimum absolute atomic E-state index is 0.0507. The third-order valence-electron chi connectivity index (χ3n) is 3.19. The molecule has 0 atom stereocenters. The summed E-state index contributed by atoms with van der Waals surface area (Å²) < 4.78 is 0. The van der Waals surface area contributed by atoms with Crippen molar-refractivity contribution in [2.24, 2.45) is 0 Å². The van der Waals surface area contributed by atoms with Gasteiger partial charge in [0.1, 0.15) is 11.4 Å². The van der Waals surface area contributed by atoms with Crippen molar-refractivity contribution in [1.82, 2.24) is 5.32 Å². The molecule has 0 fully saturated rings. The van der Waals surface area contributed by atoms with Gasteiger partial charge in [-0.2, -0.15) is 0 Å². The largest absolute Gasteiger partial charge is 0.508 e. The molecule has 0 saturated carbocycles. The minimum atomic E-state index is -0.498. The first-order valence-electron chi connectivity index (χ1n) is 7.08. The van der Waals surface area contributed by atoms with Crippen LogP contribution in [0.15, 0.2) is 48.5 Å². The summed E-state index contributed by atoms with van der Waals surface area (Å²) in [5, 5.41) is 25.7. The first-order chi connectivity index (χ1) is 11.1. The summed E-state index contributed by atoms with van der Waals surface area (Å²) in [7, 11) is 0. The highest BCUT2D eigenvalue weighted by Gasteiger charge is 2.12. The van der Waals surface area contributed by atoms with Gasteiger partial charge in [-0.25, -0.2) is 0 Å². The Kier molecular flexibility index (Phi) is 5.51. The van der Waals surface area contributed by atoms with Crippen molar-refractivity contribution in [3.63, 3.8) is 0 Å².